The highest BCUT2D eigenvalue weighted by molar-refractivity contribution is 7.76. The maximum absolute atomic E-state index is 14.7. The second kappa shape index (κ2) is 32.4. The molecule has 12 heteroatoms. The largest absolute Gasteiger partial charge is 0.373 e. The fraction of sp³-hybridized carbons (Fsp3) is 0.714. The molecule has 0 unspecified atom stereocenters. The molecule has 82 heavy (non-hydrogen) atoms. The normalized spacial score (nSPS) is 29.6. The number of benzene rings is 3. The molecular formula is C70H112O6P6. The zero-order chi connectivity index (χ0) is 56.6. The zero-order valence-electron chi connectivity index (χ0n) is 50.1. The molecule has 3 saturated heterocycles. The number of allylic oxidation sites excluding steroid dienone is 1. The van der Waals surface area contributed by atoms with Gasteiger partial charge in [0.15, 0.2) is 0 Å². The van der Waals surface area contributed by atoms with Crippen LogP contribution in [0.25, 0.3) is 0 Å². The molecule has 0 aromatic heterocycles. The SMILES string of the molecule is C.C=C1CCC[P@]1(=O)c1ccccc1.O=P(C[C@@H]1CCC[P@]1(=O)c1ccccc1)(C1CCCCC1)C1CCCCC1.O=P(C[C@H]1CCC[P@]1(=O)c1ccccc1)(C1CCCCC1)C1CCCCC1.OP(C1CCCCC1)C1CCCCC1. The molecule has 5 atom stereocenters. The highest BCUT2D eigenvalue weighted by Gasteiger charge is 2.50. The van der Waals surface area contributed by atoms with Crippen LogP contribution >= 0.6 is 43.9 Å². The molecule has 6 saturated carbocycles. The summed E-state index contributed by atoms with van der Waals surface area (Å²) in [5.41, 5.74) is 3.49. The lowest BCUT2D eigenvalue weighted by atomic mass is 9.99. The van der Waals surface area contributed by atoms with E-state index >= 15 is 0 Å². The smallest absolute Gasteiger partial charge is 0.138 e. The quantitative estimate of drug-likeness (QED) is 0.171. The highest BCUT2D eigenvalue weighted by Crippen LogP contribution is 2.70. The van der Waals surface area contributed by atoms with Crippen molar-refractivity contribution in [3.63, 3.8) is 0 Å². The average Bonchev–Trinajstić information content (AvgIpc) is 4.13. The van der Waals surface area contributed by atoms with Crippen LogP contribution in [0.15, 0.2) is 103 Å². The van der Waals surface area contributed by atoms with Crippen molar-refractivity contribution in [1.82, 2.24) is 0 Å². The van der Waals surface area contributed by atoms with E-state index in [0.29, 0.717) is 34.0 Å². The molecule has 0 spiro atoms. The molecule has 3 aliphatic heterocycles. The van der Waals surface area contributed by atoms with Crippen LogP contribution in [0.2, 0.25) is 0 Å². The van der Waals surface area contributed by atoms with Crippen LogP contribution < -0.4 is 15.9 Å². The molecule has 0 radical (unpaired) electrons. The van der Waals surface area contributed by atoms with Gasteiger partial charge in [0.05, 0.1) is 14.3 Å². The van der Waals surface area contributed by atoms with Crippen molar-refractivity contribution in [2.75, 3.05) is 30.8 Å². The zero-order valence-corrected chi connectivity index (χ0v) is 55.5. The summed E-state index contributed by atoms with van der Waals surface area (Å²) in [6.07, 6.45) is 48.3. The van der Waals surface area contributed by atoms with Gasteiger partial charge in [0, 0.05) is 100 Å². The predicted molar refractivity (Wildman–Crippen MR) is 362 cm³/mol. The maximum atomic E-state index is 14.7. The lowest BCUT2D eigenvalue weighted by Crippen LogP contribution is -2.29. The van der Waals surface area contributed by atoms with Crippen molar-refractivity contribution >= 4 is 59.8 Å². The number of rotatable bonds is 13. The number of hydrogen-bond donors (Lipinski definition) is 1. The third kappa shape index (κ3) is 16.6. The van der Waals surface area contributed by atoms with Crippen molar-refractivity contribution < 1.29 is 27.7 Å². The fourth-order valence-corrected chi connectivity index (χ4v) is 40.8. The van der Waals surface area contributed by atoms with Crippen molar-refractivity contribution in [3.05, 3.63) is 103 Å². The summed E-state index contributed by atoms with van der Waals surface area (Å²) in [7, 11) is -12.2. The molecule has 12 rings (SSSR count). The van der Waals surface area contributed by atoms with Crippen molar-refractivity contribution in [2.45, 2.75) is 284 Å². The van der Waals surface area contributed by atoms with Crippen LogP contribution in [-0.2, 0) is 22.8 Å². The first-order valence-corrected chi connectivity index (χ1v) is 44.9. The van der Waals surface area contributed by atoms with Gasteiger partial charge in [-0.15, -0.1) is 0 Å². The van der Waals surface area contributed by atoms with Crippen molar-refractivity contribution in [2.24, 2.45) is 0 Å². The minimum atomic E-state index is -2.40. The molecule has 3 aromatic rings. The molecule has 9 aliphatic rings. The summed E-state index contributed by atoms with van der Waals surface area (Å²) in [5, 5.41) is 4.04. The van der Waals surface area contributed by atoms with Gasteiger partial charge in [0.25, 0.3) is 0 Å². The van der Waals surface area contributed by atoms with E-state index in [9.17, 15) is 27.7 Å². The average molecular weight is 1240 g/mol. The molecule has 458 valence electrons. The van der Waals surface area contributed by atoms with Gasteiger partial charge in [-0.05, 0) is 121 Å². The van der Waals surface area contributed by atoms with Gasteiger partial charge in [-0.3, -0.25) is 0 Å². The fourth-order valence-electron chi connectivity index (χ4n) is 17.1. The van der Waals surface area contributed by atoms with Gasteiger partial charge in [-0.2, -0.15) is 0 Å². The first-order chi connectivity index (χ1) is 39.4. The predicted octanol–water partition coefficient (Wildman–Crippen LogP) is 21.4. The minimum Gasteiger partial charge on any atom is -0.373 e. The van der Waals surface area contributed by atoms with E-state index in [1.54, 1.807) is 0 Å². The van der Waals surface area contributed by atoms with E-state index < -0.39 is 43.9 Å². The lowest BCUT2D eigenvalue weighted by molar-refractivity contribution is 0.446. The van der Waals surface area contributed by atoms with Crippen LogP contribution in [0.1, 0.15) is 239 Å². The summed E-state index contributed by atoms with van der Waals surface area (Å²) in [6, 6.07) is 30.1. The summed E-state index contributed by atoms with van der Waals surface area (Å²) < 4.78 is 69.9. The van der Waals surface area contributed by atoms with Crippen LogP contribution in [0.4, 0.5) is 0 Å². The monoisotopic (exact) mass is 1230 g/mol. The van der Waals surface area contributed by atoms with Gasteiger partial charge < -0.3 is 27.7 Å². The summed E-state index contributed by atoms with van der Waals surface area (Å²) in [6.45, 7) is 3.92. The molecule has 0 amide bonds. The summed E-state index contributed by atoms with van der Waals surface area (Å²) in [4.78, 5) is 10.4. The Bertz CT molecular complexity index is 2420. The van der Waals surface area contributed by atoms with Crippen LogP contribution in [0, 0.1) is 0 Å². The van der Waals surface area contributed by atoms with Crippen molar-refractivity contribution in [1.29, 1.82) is 0 Å². The molecule has 0 bridgehead atoms. The topological polar surface area (TPSA) is 106 Å². The Balaban J connectivity index is 0.000000150. The van der Waals surface area contributed by atoms with E-state index in [1.807, 2.05) is 66.7 Å². The highest BCUT2D eigenvalue weighted by atomic mass is 31.2. The molecule has 3 heterocycles. The van der Waals surface area contributed by atoms with Gasteiger partial charge in [-0.1, -0.05) is 221 Å². The Morgan fingerprint density at radius 2 is 0.683 bits per heavy atom. The second-order valence-corrected chi connectivity index (χ2v) is 45.9. The van der Waals surface area contributed by atoms with E-state index in [0.717, 1.165) is 142 Å². The summed E-state index contributed by atoms with van der Waals surface area (Å²) >= 11 is 0. The second-order valence-electron chi connectivity index (χ2n) is 27.0. The van der Waals surface area contributed by atoms with Gasteiger partial charge in [0.1, 0.15) is 21.4 Å². The van der Waals surface area contributed by atoms with Gasteiger partial charge >= 0.3 is 0 Å². The van der Waals surface area contributed by atoms with Crippen LogP contribution in [-0.4, -0.2) is 81.0 Å². The maximum Gasteiger partial charge on any atom is 0.138 e. The van der Waals surface area contributed by atoms with E-state index in [1.165, 1.54) is 141 Å². The minimum absolute atomic E-state index is 0. The van der Waals surface area contributed by atoms with E-state index in [2.05, 4.69) is 30.8 Å². The lowest BCUT2D eigenvalue weighted by Gasteiger charge is -2.40. The van der Waals surface area contributed by atoms with E-state index in [4.69, 9.17) is 0 Å². The van der Waals surface area contributed by atoms with Gasteiger partial charge in [-0.25, -0.2) is 0 Å². The molecule has 1 N–H and O–H groups in total. The molecule has 6 nitrogen and oxygen atoms in total. The molecule has 3 aromatic carbocycles. The summed E-state index contributed by atoms with van der Waals surface area (Å²) in [5.74, 6) is 0. The van der Waals surface area contributed by atoms with Crippen LogP contribution in [0.3, 0.4) is 0 Å². The van der Waals surface area contributed by atoms with Crippen LogP contribution in [0.5, 0.6) is 0 Å². The standard InChI is InChI=1S/2C23H36O2P2.C12H23OP.C11H13OP.CH4/c2*24-26(20-11-4-1-5-12-20)18-10-17-23(26)19-27(25,21-13-6-2-7-14-21)22-15-8-3-9-16-22;13-14(11-7-3-1-4-8-11)12-9-5-2-6-10-12;1-10-6-5-9-13(10,12)11-7-3-2-4-8-11;/h2*1,4-5,11-12,21-23H,2-3,6-10,13-19H2;11-13H,1-10H2;2-4,7-8H,1,5-6,9H2;1H4/t23-,26+;23-,26-;;13-;/m10.1./s1. The Kier molecular flexibility index (Phi) is 26.5. The Hall–Kier alpha value is -1.06. The molecule has 9 fully saturated rings. The van der Waals surface area contributed by atoms with Crippen molar-refractivity contribution in [3.8, 4) is 0 Å². The van der Waals surface area contributed by atoms with Gasteiger partial charge in [0.2, 0.25) is 0 Å². The Morgan fingerprint density at radius 3 is 0.976 bits per heavy atom. The molecule has 6 aliphatic carbocycles. The Morgan fingerprint density at radius 1 is 0.390 bits per heavy atom. The Labute approximate surface area is 502 Å². The molecular weight excluding hydrogens is 1120 g/mol. The third-order valence-electron chi connectivity index (χ3n) is 21.9. The first kappa shape index (κ1) is 66.9. The first-order valence-electron chi connectivity index (χ1n) is 33.6. The number of hydrogen-bond acceptors (Lipinski definition) is 6. The third-order valence-corrected chi connectivity index (χ3v) is 44.9. The van der Waals surface area contributed by atoms with E-state index in [-0.39, 0.29) is 18.7 Å².